The zero-order valence-electron chi connectivity index (χ0n) is 15.9. The predicted octanol–water partition coefficient (Wildman–Crippen LogP) is 4.27. The van der Waals surface area contributed by atoms with Crippen LogP contribution in [-0.2, 0) is 34.3 Å². The van der Waals surface area contributed by atoms with E-state index in [1.807, 2.05) is 6.07 Å². The summed E-state index contributed by atoms with van der Waals surface area (Å²) in [6.45, 7) is 0.199. The van der Waals surface area contributed by atoms with E-state index in [2.05, 4.69) is 10.0 Å². The van der Waals surface area contributed by atoms with E-state index in [0.29, 0.717) is 28.3 Å². The number of sulfonamides is 1. The molecule has 1 heterocycles. The summed E-state index contributed by atoms with van der Waals surface area (Å²) in [5.41, 5.74) is 1.19. The van der Waals surface area contributed by atoms with Crippen molar-refractivity contribution in [3.63, 3.8) is 0 Å². The fourth-order valence-corrected chi connectivity index (χ4v) is 4.92. The minimum Gasteiger partial charge on any atom is -0.352 e. The van der Waals surface area contributed by atoms with Gasteiger partial charge >= 0.3 is 0 Å². The van der Waals surface area contributed by atoms with E-state index in [9.17, 15) is 17.6 Å². The summed E-state index contributed by atoms with van der Waals surface area (Å²) in [5, 5.41) is 2.79. The van der Waals surface area contributed by atoms with Crippen molar-refractivity contribution in [3.05, 3.63) is 86.8 Å². The Bertz CT molecular complexity index is 1130. The topological polar surface area (TPSA) is 75.3 Å². The van der Waals surface area contributed by atoms with Gasteiger partial charge in [0, 0.05) is 24.4 Å². The summed E-state index contributed by atoms with van der Waals surface area (Å²) in [6, 6.07) is 15.8. The average molecular weight is 467 g/mol. The van der Waals surface area contributed by atoms with Gasteiger partial charge in [0.25, 0.3) is 0 Å². The molecule has 0 saturated heterocycles. The highest BCUT2D eigenvalue weighted by atomic mass is 35.5. The molecule has 9 heteroatoms. The van der Waals surface area contributed by atoms with Crippen LogP contribution in [0.5, 0.6) is 0 Å². The lowest BCUT2D eigenvalue weighted by atomic mass is 10.2. The van der Waals surface area contributed by atoms with Crippen molar-refractivity contribution in [3.8, 4) is 0 Å². The van der Waals surface area contributed by atoms with Gasteiger partial charge in [-0.2, -0.15) is 0 Å². The van der Waals surface area contributed by atoms with Crippen molar-refractivity contribution in [2.75, 3.05) is 0 Å². The Morgan fingerprint density at radius 2 is 1.73 bits per heavy atom. The van der Waals surface area contributed by atoms with Crippen LogP contribution in [0.15, 0.2) is 65.6 Å². The average Bonchev–Trinajstić information content (AvgIpc) is 3.15. The number of thiophene rings is 1. The van der Waals surface area contributed by atoms with Gasteiger partial charge in [0.15, 0.2) is 0 Å². The molecule has 0 radical (unpaired) electrons. The van der Waals surface area contributed by atoms with Gasteiger partial charge in [0.1, 0.15) is 5.82 Å². The highest BCUT2D eigenvalue weighted by Crippen LogP contribution is 2.22. The van der Waals surface area contributed by atoms with E-state index in [1.54, 1.807) is 24.3 Å². The summed E-state index contributed by atoms with van der Waals surface area (Å²) >= 11 is 7.32. The first-order valence-corrected chi connectivity index (χ1v) is 11.8. The minimum absolute atomic E-state index is 0.0200. The molecule has 0 saturated carbocycles. The van der Waals surface area contributed by atoms with Crippen molar-refractivity contribution in [2.24, 2.45) is 0 Å². The van der Waals surface area contributed by atoms with Crippen LogP contribution in [0.3, 0.4) is 0 Å². The monoisotopic (exact) mass is 466 g/mol. The molecule has 2 N–H and O–H groups in total. The first-order chi connectivity index (χ1) is 14.3. The molecule has 0 aliphatic carbocycles. The molecule has 2 aromatic carbocycles. The molecule has 0 aliphatic rings. The molecule has 3 aromatic rings. The Hall–Kier alpha value is -2.26. The lowest BCUT2D eigenvalue weighted by molar-refractivity contribution is -0.121. The highest BCUT2D eigenvalue weighted by molar-refractivity contribution is 7.89. The molecule has 0 spiro atoms. The normalized spacial score (nSPS) is 11.4. The second-order valence-electron chi connectivity index (χ2n) is 6.58. The quantitative estimate of drug-likeness (QED) is 0.494. The number of nitrogens with one attached hydrogen (secondary N) is 2. The molecule has 0 unspecified atom stereocenters. The Balaban J connectivity index is 1.54. The number of hydrogen-bond donors (Lipinski definition) is 2. The Morgan fingerprint density at radius 1 is 1.00 bits per heavy atom. The number of halogens is 2. The van der Waals surface area contributed by atoms with Gasteiger partial charge in [-0.3, -0.25) is 4.79 Å². The molecular weight excluding hydrogens is 447 g/mol. The standard InChI is InChI=1S/C21H20ClFN2O3S2/c22-20-9-7-18(29-20)8-10-21(26)24-13-16-4-2-6-19(12-16)30(27,28)25-14-15-3-1-5-17(23)11-15/h1-7,9,11-12,25H,8,10,13-14H2,(H,24,26). The molecule has 158 valence electrons. The summed E-state index contributed by atoms with van der Waals surface area (Å²) < 4.78 is 41.5. The zero-order valence-corrected chi connectivity index (χ0v) is 18.3. The lowest BCUT2D eigenvalue weighted by Gasteiger charge is -2.10. The number of carbonyl (C=O) groups excluding carboxylic acids is 1. The molecule has 0 aliphatic heterocycles. The SMILES string of the molecule is O=C(CCc1ccc(Cl)s1)NCc1cccc(S(=O)(=O)NCc2cccc(F)c2)c1. The number of benzene rings is 2. The van der Waals surface area contributed by atoms with Crippen LogP contribution in [0.1, 0.15) is 22.4 Å². The summed E-state index contributed by atoms with van der Waals surface area (Å²) in [7, 11) is -3.77. The molecule has 0 atom stereocenters. The first kappa shape index (κ1) is 22.4. The zero-order chi connectivity index (χ0) is 21.6. The number of aryl methyl sites for hydroxylation is 1. The van der Waals surface area contributed by atoms with E-state index < -0.39 is 15.8 Å². The van der Waals surface area contributed by atoms with Crippen molar-refractivity contribution in [1.82, 2.24) is 10.0 Å². The van der Waals surface area contributed by atoms with Crippen LogP contribution in [0.4, 0.5) is 4.39 Å². The molecule has 0 bridgehead atoms. The molecule has 5 nitrogen and oxygen atoms in total. The van der Waals surface area contributed by atoms with Crippen LogP contribution in [-0.4, -0.2) is 14.3 Å². The Morgan fingerprint density at radius 3 is 2.43 bits per heavy atom. The number of rotatable bonds is 9. The Kier molecular flexibility index (Phi) is 7.60. The number of hydrogen-bond acceptors (Lipinski definition) is 4. The molecule has 3 rings (SSSR count). The molecule has 0 fully saturated rings. The molecule has 1 aromatic heterocycles. The lowest BCUT2D eigenvalue weighted by Crippen LogP contribution is -2.25. The third-order valence-electron chi connectivity index (χ3n) is 4.28. The van der Waals surface area contributed by atoms with Gasteiger partial charge in [0.05, 0.1) is 9.23 Å². The molecular formula is C21H20ClFN2O3S2. The van der Waals surface area contributed by atoms with E-state index in [4.69, 9.17) is 11.6 Å². The fourth-order valence-electron chi connectivity index (χ4n) is 2.74. The van der Waals surface area contributed by atoms with Crippen LogP contribution in [0.25, 0.3) is 0 Å². The summed E-state index contributed by atoms with van der Waals surface area (Å²) in [5.74, 6) is -0.552. The third kappa shape index (κ3) is 6.63. The maximum Gasteiger partial charge on any atom is 0.240 e. The highest BCUT2D eigenvalue weighted by Gasteiger charge is 2.14. The van der Waals surface area contributed by atoms with Crippen molar-refractivity contribution < 1.29 is 17.6 Å². The van der Waals surface area contributed by atoms with Gasteiger partial charge in [-0.15, -0.1) is 11.3 Å². The summed E-state index contributed by atoms with van der Waals surface area (Å²) in [4.78, 5) is 13.2. The van der Waals surface area contributed by atoms with Crippen molar-refractivity contribution in [1.29, 1.82) is 0 Å². The first-order valence-electron chi connectivity index (χ1n) is 9.16. The van der Waals surface area contributed by atoms with Crippen molar-refractivity contribution >= 4 is 38.9 Å². The van der Waals surface area contributed by atoms with E-state index in [1.165, 1.54) is 41.7 Å². The largest absolute Gasteiger partial charge is 0.352 e. The van der Waals surface area contributed by atoms with E-state index >= 15 is 0 Å². The van der Waals surface area contributed by atoms with Crippen LogP contribution >= 0.6 is 22.9 Å². The predicted molar refractivity (Wildman–Crippen MR) is 116 cm³/mol. The third-order valence-corrected chi connectivity index (χ3v) is 6.97. The second kappa shape index (κ2) is 10.2. The van der Waals surface area contributed by atoms with E-state index in [0.717, 1.165) is 4.88 Å². The fraction of sp³-hybridized carbons (Fsp3) is 0.190. The smallest absolute Gasteiger partial charge is 0.240 e. The maximum absolute atomic E-state index is 13.2. The van der Waals surface area contributed by atoms with Gasteiger partial charge in [-0.25, -0.2) is 17.5 Å². The number of carbonyl (C=O) groups is 1. The van der Waals surface area contributed by atoms with Crippen LogP contribution in [0.2, 0.25) is 4.34 Å². The summed E-state index contributed by atoms with van der Waals surface area (Å²) in [6.07, 6.45) is 0.922. The second-order valence-corrected chi connectivity index (χ2v) is 10.2. The maximum atomic E-state index is 13.2. The molecule has 30 heavy (non-hydrogen) atoms. The van der Waals surface area contributed by atoms with Crippen LogP contribution in [0, 0.1) is 5.82 Å². The van der Waals surface area contributed by atoms with Gasteiger partial charge in [-0.1, -0.05) is 35.9 Å². The Labute approximate surface area is 184 Å². The van der Waals surface area contributed by atoms with Crippen molar-refractivity contribution in [2.45, 2.75) is 30.8 Å². The van der Waals surface area contributed by atoms with Gasteiger partial charge in [-0.05, 0) is 53.9 Å². The number of amides is 1. The van der Waals surface area contributed by atoms with Gasteiger partial charge in [0.2, 0.25) is 15.9 Å². The van der Waals surface area contributed by atoms with Gasteiger partial charge < -0.3 is 5.32 Å². The molecule has 1 amide bonds. The van der Waals surface area contributed by atoms with Crippen LogP contribution < -0.4 is 10.0 Å². The van der Waals surface area contributed by atoms with E-state index in [-0.39, 0.29) is 23.9 Å². The minimum atomic E-state index is -3.77.